The van der Waals surface area contributed by atoms with Crippen molar-refractivity contribution < 1.29 is 0 Å². The lowest BCUT2D eigenvalue weighted by Crippen LogP contribution is -2.11. The van der Waals surface area contributed by atoms with Crippen LogP contribution in [-0.4, -0.2) is 5.71 Å². The van der Waals surface area contributed by atoms with Gasteiger partial charge in [-0.3, -0.25) is 0 Å². The average Bonchev–Trinajstić information content (AvgIpc) is 2.04. The molecule has 0 radical (unpaired) electrons. The fourth-order valence-corrected chi connectivity index (χ4v) is 1.13. The van der Waals surface area contributed by atoms with E-state index < -0.39 is 0 Å². The normalized spacial score (nSPS) is 13.8. The van der Waals surface area contributed by atoms with Gasteiger partial charge >= 0.3 is 0 Å². The van der Waals surface area contributed by atoms with Crippen LogP contribution in [0.3, 0.4) is 0 Å². The summed E-state index contributed by atoms with van der Waals surface area (Å²) in [7, 11) is 0. The van der Waals surface area contributed by atoms with E-state index in [-0.39, 0.29) is 5.41 Å². The molecule has 0 spiro atoms. The van der Waals surface area contributed by atoms with Crippen molar-refractivity contribution in [1.29, 1.82) is 5.41 Å². The fourth-order valence-electron chi connectivity index (χ4n) is 1.13. The lowest BCUT2D eigenvalue weighted by Gasteiger charge is -2.24. The van der Waals surface area contributed by atoms with E-state index in [4.69, 9.17) is 5.41 Å². The van der Waals surface area contributed by atoms with E-state index in [1.54, 1.807) is 6.92 Å². The fraction of sp³-hybridized carbons (Fsp3) is 0.583. The van der Waals surface area contributed by atoms with Crippen molar-refractivity contribution in [2.75, 3.05) is 0 Å². The van der Waals surface area contributed by atoms with E-state index in [1.165, 1.54) is 5.57 Å². The van der Waals surface area contributed by atoms with Gasteiger partial charge in [0.05, 0.1) is 0 Å². The Morgan fingerprint density at radius 3 is 2.15 bits per heavy atom. The third-order valence-corrected chi connectivity index (χ3v) is 2.49. The summed E-state index contributed by atoms with van der Waals surface area (Å²) in [5.41, 5.74) is 2.13. The number of nitrogens with one attached hydrogen (secondary N) is 1. The summed E-state index contributed by atoms with van der Waals surface area (Å²) in [4.78, 5) is 0. The summed E-state index contributed by atoms with van der Waals surface area (Å²) in [5, 5.41) is 7.31. The van der Waals surface area contributed by atoms with Crippen LogP contribution in [0.2, 0.25) is 0 Å². The van der Waals surface area contributed by atoms with Crippen LogP contribution in [0.5, 0.6) is 0 Å². The monoisotopic (exact) mass is 179 g/mol. The molecule has 0 bridgehead atoms. The molecule has 0 aromatic rings. The Kier molecular flexibility index (Phi) is 4.68. The minimum Gasteiger partial charge on any atom is -0.306 e. The molecule has 0 amide bonds. The lowest BCUT2D eigenvalue weighted by molar-refractivity contribution is 0.439. The van der Waals surface area contributed by atoms with Crippen molar-refractivity contribution in [1.82, 2.24) is 0 Å². The average molecular weight is 179 g/mol. The highest BCUT2D eigenvalue weighted by molar-refractivity contribution is 5.90. The molecule has 0 saturated carbocycles. The van der Waals surface area contributed by atoms with Crippen molar-refractivity contribution in [2.45, 2.75) is 41.0 Å². The molecular formula is C12H21N. The number of allylic oxidation sites excluding steroid dienone is 4. The molecule has 1 N–H and O–H groups in total. The molecule has 1 heteroatoms. The molecule has 0 rings (SSSR count). The van der Waals surface area contributed by atoms with Crippen LogP contribution in [0.4, 0.5) is 0 Å². The van der Waals surface area contributed by atoms with Crippen molar-refractivity contribution in [3.63, 3.8) is 0 Å². The molecule has 13 heavy (non-hydrogen) atoms. The Labute approximate surface area is 82.1 Å². The highest BCUT2D eigenvalue weighted by Crippen LogP contribution is 2.30. The van der Waals surface area contributed by atoms with Gasteiger partial charge in [-0.15, -0.1) is 0 Å². The third kappa shape index (κ3) is 4.07. The predicted octanol–water partition coefficient (Wildman–Crippen LogP) is 3.96. The van der Waals surface area contributed by atoms with Crippen LogP contribution < -0.4 is 0 Å². The number of rotatable bonds is 4. The van der Waals surface area contributed by atoms with Crippen LogP contribution >= 0.6 is 0 Å². The lowest BCUT2D eigenvalue weighted by atomic mass is 9.81. The second kappa shape index (κ2) is 5.00. The van der Waals surface area contributed by atoms with Gasteiger partial charge < -0.3 is 5.41 Å². The molecule has 1 nitrogen and oxygen atoms in total. The minimum atomic E-state index is 0.223. The Morgan fingerprint density at radius 1 is 1.31 bits per heavy atom. The zero-order valence-electron chi connectivity index (χ0n) is 9.44. The second-order valence-electron chi connectivity index (χ2n) is 4.00. The van der Waals surface area contributed by atoms with E-state index in [2.05, 4.69) is 33.8 Å². The van der Waals surface area contributed by atoms with Crippen LogP contribution in [0.25, 0.3) is 0 Å². The Hall–Kier alpha value is -0.850. The summed E-state index contributed by atoms with van der Waals surface area (Å²) < 4.78 is 0. The van der Waals surface area contributed by atoms with Gasteiger partial charge in [0, 0.05) is 5.71 Å². The summed E-state index contributed by atoms with van der Waals surface area (Å²) in [5.74, 6) is 0. The van der Waals surface area contributed by atoms with Gasteiger partial charge in [0.25, 0.3) is 0 Å². The quantitative estimate of drug-likeness (QED) is 0.499. The maximum atomic E-state index is 7.31. The molecule has 0 fully saturated rings. The first kappa shape index (κ1) is 12.2. The first-order chi connectivity index (χ1) is 5.94. The minimum absolute atomic E-state index is 0.223. The van der Waals surface area contributed by atoms with E-state index in [1.807, 2.05) is 12.2 Å². The molecule has 0 saturated heterocycles. The van der Waals surface area contributed by atoms with Crippen molar-refractivity contribution in [2.24, 2.45) is 5.41 Å². The number of hydrogen-bond donors (Lipinski definition) is 1. The van der Waals surface area contributed by atoms with Gasteiger partial charge in [0.2, 0.25) is 0 Å². The molecule has 74 valence electrons. The van der Waals surface area contributed by atoms with E-state index >= 15 is 0 Å². The summed E-state index contributed by atoms with van der Waals surface area (Å²) in [6, 6.07) is 0. The van der Waals surface area contributed by atoms with Crippen LogP contribution in [0, 0.1) is 10.8 Å². The highest BCUT2D eigenvalue weighted by atomic mass is 14.4. The number of hydrogen-bond acceptors (Lipinski definition) is 1. The van der Waals surface area contributed by atoms with Gasteiger partial charge in [-0.1, -0.05) is 32.9 Å². The van der Waals surface area contributed by atoms with Crippen LogP contribution in [-0.2, 0) is 0 Å². The summed E-state index contributed by atoms with van der Waals surface area (Å²) in [6.45, 7) is 10.5. The zero-order chi connectivity index (χ0) is 10.5. The first-order valence-corrected chi connectivity index (χ1v) is 4.84. The standard InChI is InChI=1S/C12H21N/c1-6-11(9-8-10(3)13)12(4,5)7-2/h6,8-9,13H,7H2,1-5H3/b9-8-,11-6+,13-10?. The second-order valence-corrected chi connectivity index (χ2v) is 4.00. The molecule has 0 aromatic carbocycles. The largest absolute Gasteiger partial charge is 0.306 e. The van der Waals surface area contributed by atoms with Crippen LogP contribution in [0.1, 0.15) is 41.0 Å². The summed E-state index contributed by atoms with van der Waals surface area (Å²) in [6.07, 6.45) is 7.15. The maximum absolute atomic E-state index is 7.31. The van der Waals surface area contributed by atoms with Gasteiger partial charge in [0.15, 0.2) is 0 Å². The van der Waals surface area contributed by atoms with Gasteiger partial charge in [0.1, 0.15) is 0 Å². The molecule has 0 heterocycles. The Bertz CT molecular complexity index is 232. The smallest absolute Gasteiger partial charge is 0.0283 e. The molecule has 0 aliphatic rings. The maximum Gasteiger partial charge on any atom is 0.0283 e. The van der Waals surface area contributed by atoms with Crippen molar-refractivity contribution >= 4 is 5.71 Å². The first-order valence-electron chi connectivity index (χ1n) is 4.84. The van der Waals surface area contributed by atoms with Crippen molar-refractivity contribution in [3.8, 4) is 0 Å². The van der Waals surface area contributed by atoms with E-state index in [0.29, 0.717) is 5.71 Å². The molecule has 0 aliphatic heterocycles. The molecular weight excluding hydrogens is 158 g/mol. The molecule has 0 unspecified atom stereocenters. The van der Waals surface area contributed by atoms with Gasteiger partial charge in [-0.2, -0.15) is 0 Å². The third-order valence-electron chi connectivity index (χ3n) is 2.49. The van der Waals surface area contributed by atoms with E-state index in [0.717, 1.165) is 6.42 Å². The summed E-state index contributed by atoms with van der Waals surface area (Å²) >= 11 is 0. The predicted molar refractivity (Wildman–Crippen MR) is 60.4 cm³/mol. The van der Waals surface area contributed by atoms with E-state index in [9.17, 15) is 0 Å². The molecule has 0 aliphatic carbocycles. The SMILES string of the molecule is C/C=C(\C=C/C(C)=N)C(C)(C)CC. The topological polar surface area (TPSA) is 23.9 Å². The van der Waals surface area contributed by atoms with Crippen LogP contribution in [0.15, 0.2) is 23.8 Å². The highest BCUT2D eigenvalue weighted by Gasteiger charge is 2.17. The molecule has 0 atom stereocenters. The Morgan fingerprint density at radius 2 is 1.85 bits per heavy atom. The zero-order valence-corrected chi connectivity index (χ0v) is 9.44. The van der Waals surface area contributed by atoms with Gasteiger partial charge in [-0.05, 0) is 37.3 Å². The molecule has 0 aromatic heterocycles. The van der Waals surface area contributed by atoms with Gasteiger partial charge in [-0.25, -0.2) is 0 Å². The van der Waals surface area contributed by atoms with Crippen molar-refractivity contribution in [3.05, 3.63) is 23.8 Å². The Balaban J connectivity index is 4.65.